The first kappa shape index (κ1) is 8.70. The second kappa shape index (κ2) is 3.85. The molecule has 1 saturated heterocycles. The highest BCUT2D eigenvalue weighted by Crippen LogP contribution is 2.11. The number of hydrogen-bond donors (Lipinski definition) is 1. The molecule has 2 atom stereocenters. The summed E-state index contributed by atoms with van der Waals surface area (Å²) < 4.78 is 7.27. The molecule has 1 fully saturated rings. The molecule has 1 N–H and O–H groups in total. The molecule has 1 aliphatic heterocycles. The number of hydrogen-bond acceptors (Lipinski definition) is 3. The Morgan fingerprint density at radius 3 is 3.00 bits per heavy atom. The Balaban J connectivity index is 2.41. The van der Waals surface area contributed by atoms with E-state index in [9.17, 15) is 5.11 Å². The molecule has 0 aromatic carbocycles. The van der Waals surface area contributed by atoms with Gasteiger partial charge in [-0.15, -0.1) is 0 Å². The van der Waals surface area contributed by atoms with E-state index in [0.29, 0.717) is 19.2 Å². The molecule has 0 amide bonds. The summed E-state index contributed by atoms with van der Waals surface area (Å²) in [5, 5.41) is 9.21. The molecule has 3 nitrogen and oxygen atoms in total. The van der Waals surface area contributed by atoms with Crippen molar-refractivity contribution in [2.24, 2.45) is 0 Å². The fraction of sp³-hybridized carbons (Fsp3) is 1.00. The number of aliphatic hydroxyl groups excluding tert-OH is 1. The van der Waals surface area contributed by atoms with Crippen LogP contribution in [-0.4, -0.2) is 40.1 Å². The fourth-order valence-electron chi connectivity index (χ4n) is 0.889. The van der Waals surface area contributed by atoms with Crippen molar-refractivity contribution in [3.05, 3.63) is 0 Å². The lowest BCUT2D eigenvalue weighted by atomic mass is 10.3. The standard InChI is InChI=1S/C6H12INO2/c1-5-3-10-4-6(9)2-8(5)7/h5-6,9H,2-4H2,1H3. The fourth-order valence-corrected chi connectivity index (χ4v) is 1.50. The number of halogens is 1. The molecule has 1 aliphatic rings. The minimum absolute atomic E-state index is 0.318. The molecule has 1 heterocycles. The zero-order chi connectivity index (χ0) is 7.56. The minimum atomic E-state index is -0.318. The lowest BCUT2D eigenvalue weighted by Gasteiger charge is -2.18. The van der Waals surface area contributed by atoms with Crippen molar-refractivity contribution in [3.8, 4) is 0 Å². The number of ether oxygens (including phenoxy) is 1. The molecule has 0 aromatic rings. The van der Waals surface area contributed by atoms with Gasteiger partial charge in [0.1, 0.15) is 0 Å². The van der Waals surface area contributed by atoms with Crippen molar-refractivity contribution < 1.29 is 9.84 Å². The molecule has 0 radical (unpaired) electrons. The van der Waals surface area contributed by atoms with Gasteiger partial charge in [-0.05, 0) is 6.92 Å². The molecule has 60 valence electrons. The Morgan fingerprint density at radius 1 is 1.60 bits per heavy atom. The average molecular weight is 257 g/mol. The van der Waals surface area contributed by atoms with E-state index < -0.39 is 0 Å². The Kier molecular flexibility index (Phi) is 3.35. The minimum Gasteiger partial charge on any atom is -0.389 e. The molecule has 4 heteroatoms. The van der Waals surface area contributed by atoms with Crippen LogP contribution in [0.3, 0.4) is 0 Å². The number of rotatable bonds is 0. The van der Waals surface area contributed by atoms with Crippen LogP contribution in [0.1, 0.15) is 6.92 Å². The van der Waals surface area contributed by atoms with Gasteiger partial charge in [0, 0.05) is 35.5 Å². The van der Waals surface area contributed by atoms with Gasteiger partial charge in [-0.2, -0.15) is 0 Å². The summed E-state index contributed by atoms with van der Waals surface area (Å²) in [4.78, 5) is 0. The van der Waals surface area contributed by atoms with Gasteiger partial charge < -0.3 is 9.84 Å². The third kappa shape index (κ3) is 2.34. The van der Waals surface area contributed by atoms with E-state index >= 15 is 0 Å². The van der Waals surface area contributed by atoms with Gasteiger partial charge in [0.2, 0.25) is 0 Å². The molecule has 0 bridgehead atoms. The molecular formula is C6H12INO2. The van der Waals surface area contributed by atoms with E-state index in [4.69, 9.17) is 4.74 Å². The highest BCUT2D eigenvalue weighted by Gasteiger charge is 2.19. The van der Waals surface area contributed by atoms with Crippen LogP contribution in [0.5, 0.6) is 0 Å². The largest absolute Gasteiger partial charge is 0.389 e. The third-order valence-corrected chi connectivity index (χ3v) is 2.88. The van der Waals surface area contributed by atoms with Crippen LogP contribution in [0.2, 0.25) is 0 Å². The summed E-state index contributed by atoms with van der Waals surface area (Å²) in [5.41, 5.74) is 0. The zero-order valence-corrected chi connectivity index (χ0v) is 8.11. The van der Waals surface area contributed by atoms with Gasteiger partial charge in [0.05, 0.1) is 19.3 Å². The van der Waals surface area contributed by atoms with Gasteiger partial charge in [0.15, 0.2) is 0 Å². The maximum Gasteiger partial charge on any atom is 0.0908 e. The maximum atomic E-state index is 9.21. The van der Waals surface area contributed by atoms with Crippen molar-refractivity contribution in [3.63, 3.8) is 0 Å². The molecule has 0 aromatic heterocycles. The SMILES string of the molecule is CC1COCC(O)CN1I. The van der Waals surface area contributed by atoms with Gasteiger partial charge in [-0.25, -0.2) is 3.11 Å². The lowest BCUT2D eigenvalue weighted by molar-refractivity contribution is 0.0552. The second-order valence-corrected chi connectivity index (χ2v) is 3.86. The summed E-state index contributed by atoms with van der Waals surface area (Å²) >= 11 is 2.22. The highest BCUT2D eigenvalue weighted by molar-refractivity contribution is 14.1. The Labute approximate surface area is 74.8 Å². The number of nitrogens with zero attached hydrogens (tertiary/aromatic N) is 1. The Bertz CT molecular complexity index is 112. The van der Waals surface area contributed by atoms with Crippen LogP contribution in [0, 0.1) is 0 Å². The maximum absolute atomic E-state index is 9.21. The van der Waals surface area contributed by atoms with Crippen LogP contribution >= 0.6 is 22.9 Å². The summed E-state index contributed by atoms with van der Waals surface area (Å²) in [6.45, 7) is 4.00. The molecule has 0 saturated carbocycles. The van der Waals surface area contributed by atoms with E-state index in [0.717, 1.165) is 6.61 Å². The molecule has 10 heavy (non-hydrogen) atoms. The van der Waals surface area contributed by atoms with Crippen molar-refractivity contribution in [2.75, 3.05) is 19.8 Å². The van der Waals surface area contributed by atoms with Crippen LogP contribution in [0.15, 0.2) is 0 Å². The van der Waals surface area contributed by atoms with Gasteiger partial charge in [0.25, 0.3) is 0 Å². The first-order valence-corrected chi connectivity index (χ1v) is 4.35. The van der Waals surface area contributed by atoms with Crippen molar-refractivity contribution in [1.29, 1.82) is 0 Å². The first-order valence-electron chi connectivity index (χ1n) is 3.38. The Hall–Kier alpha value is 0.610. The van der Waals surface area contributed by atoms with Gasteiger partial charge >= 0.3 is 0 Å². The first-order chi connectivity index (χ1) is 4.70. The Morgan fingerprint density at radius 2 is 2.30 bits per heavy atom. The average Bonchev–Trinajstić information content (AvgIpc) is 1.96. The van der Waals surface area contributed by atoms with Crippen molar-refractivity contribution in [2.45, 2.75) is 19.1 Å². The molecular weight excluding hydrogens is 245 g/mol. The van der Waals surface area contributed by atoms with Gasteiger partial charge in [-0.3, -0.25) is 0 Å². The predicted molar refractivity (Wildman–Crippen MR) is 47.0 cm³/mol. The highest BCUT2D eigenvalue weighted by atomic mass is 127. The normalized spacial score (nSPS) is 37.5. The molecule has 0 spiro atoms. The van der Waals surface area contributed by atoms with Crippen LogP contribution < -0.4 is 0 Å². The summed E-state index contributed by atoms with van der Waals surface area (Å²) in [5.74, 6) is 0. The van der Waals surface area contributed by atoms with Crippen LogP contribution in [-0.2, 0) is 4.74 Å². The summed E-state index contributed by atoms with van der Waals surface area (Å²) in [6, 6.07) is 0.415. The summed E-state index contributed by atoms with van der Waals surface area (Å²) in [6.07, 6.45) is -0.318. The van der Waals surface area contributed by atoms with Gasteiger partial charge in [-0.1, -0.05) is 0 Å². The van der Waals surface area contributed by atoms with E-state index in [2.05, 4.69) is 32.9 Å². The lowest BCUT2D eigenvalue weighted by Crippen LogP contribution is -2.30. The monoisotopic (exact) mass is 257 g/mol. The van der Waals surface area contributed by atoms with Crippen LogP contribution in [0.25, 0.3) is 0 Å². The number of aliphatic hydroxyl groups is 1. The van der Waals surface area contributed by atoms with E-state index in [1.54, 1.807) is 0 Å². The number of β-amino-alcohol motifs (C(OH)–C–C–N with tert-alkyl or cyclic N) is 1. The van der Waals surface area contributed by atoms with E-state index in [1.165, 1.54) is 0 Å². The quantitative estimate of drug-likeness (QED) is 0.504. The predicted octanol–water partition coefficient (Wildman–Crippen LogP) is 0.418. The van der Waals surface area contributed by atoms with Crippen LogP contribution in [0.4, 0.5) is 0 Å². The second-order valence-electron chi connectivity index (χ2n) is 2.62. The summed E-state index contributed by atoms with van der Waals surface area (Å²) in [7, 11) is 0. The third-order valence-electron chi connectivity index (χ3n) is 1.53. The van der Waals surface area contributed by atoms with Crippen molar-refractivity contribution in [1.82, 2.24) is 3.11 Å². The smallest absolute Gasteiger partial charge is 0.0908 e. The molecule has 1 rings (SSSR count). The van der Waals surface area contributed by atoms with E-state index in [-0.39, 0.29) is 6.10 Å². The molecule has 0 aliphatic carbocycles. The zero-order valence-electron chi connectivity index (χ0n) is 5.96. The topological polar surface area (TPSA) is 32.7 Å². The van der Waals surface area contributed by atoms with Crippen molar-refractivity contribution >= 4 is 22.9 Å². The molecule has 2 unspecified atom stereocenters. The van der Waals surface area contributed by atoms with E-state index in [1.807, 2.05) is 0 Å².